The van der Waals surface area contributed by atoms with Crippen molar-refractivity contribution in [1.29, 1.82) is 0 Å². The number of aromatic nitrogens is 2. The van der Waals surface area contributed by atoms with E-state index in [9.17, 15) is 24.6 Å². The molecule has 0 amide bonds. The third-order valence-electron chi connectivity index (χ3n) is 7.85. The van der Waals surface area contributed by atoms with Crippen molar-refractivity contribution in [2.75, 3.05) is 19.1 Å². The Labute approximate surface area is 252 Å². The van der Waals surface area contributed by atoms with Crippen LogP contribution < -0.4 is 14.8 Å². The third-order valence-corrected chi connectivity index (χ3v) is 8.49. The number of allylic oxidation sites excluding steroid dienone is 4. The van der Waals surface area contributed by atoms with E-state index >= 15 is 0 Å². The van der Waals surface area contributed by atoms with Crippen molar-refractivity contribution in [3.05, 3.63) is 70.0 Å². The number of methoxy groups -OCH3 is 1. The third kappa shape index (κ3) is 4.85. The van der Waals surface area contributed by atoms with Gasteiger partial charge in [-0.15, -0.1) is 0 Å². The molecule has 11 nitrogen and oxygen atoms in total. The molecular formula is C31H31N3O8S. The molecule has 1 unspecified atom stereocenters. The van der Waals surface area contributed by atoms with E-state index in [1.165, 1.54) is 26.8 Å². The first-order valence-electron chi connectivity index (χ1n) is 13.5. The molecular weight excluding hydrogens is 574 g/mol. The van der Waals surface area contributed by atoms with Gasteiger partial charge >= 0.3 is 0 Å². The molecule has 2 aromatic carbocycles. The summed E-state index contributed by atoms with van der Waals surface area (Å²) in [5.74, 6) is -0.671. The number of hydrogen-bond acceptors (Lipinski definition) is 12. The van der Waals surface area contributed by atoms with Gasteiger partial charge in [0.2, 0.25) is 11.7 Å². The average molecular weight is 606 g/mol. The maximum atomic E-state index is 14.2. The number of ether oxygens (including phenoxy) is 2. The van der Waals surface area contributed by atoms with Crippen molar-refractivity contribution in [1.82, 2.24) is 15.5 Å². The number of aromatic hydroxyl groups is 2. The largest absolute Gasteiger partial charge is 0.507 e. The number of benzene rings is 2. The van der Waals surface area contributed by atoms with Crippen molar-refractivity contribution < 1.29 is 38.6 Å². The van der Waals surface area contributed by atoms with Gasteiger partial charge < -0.3 is 29.5 Å². The van der Waals surface area contributed by atoms with Crippen molar-refractivity contribution >= 4 is 29.1 Å². The van der Waals surface area contributed by atoms with E-state index in [1.54, 1.807) is 37.9 Å². The molecule has 3 aromatic rings. The van der Waals surface area contributed by atoms with E-state index in [0.717, 1.165) is 11.3 Å². The van der Waals surface area contributed by atoms with Gasteiger partial charge in [0.15, 0.2) is 17.3 Å². The molecule has 1 aromatic heterocycles. The molecule has 0 saturated carbocycles. The number of phenolic OH excluding ortho intramolecular Hbond substituents is 2. The van der Waals surface area contributed by atoms with Gasteiger partial charge in [0.25, 0.3) is 0 Å². The summed E-state index contributed by atoms with van der Waals surface area (Å²) < 4.78 is 16.7. The predicted octanol–water partition coefficient (Wildman–Crippen LogP) is 4.71. The highest BCUT2D eigenvalue weighted by atomic mass is 32.2. The highest BCUT2D eigenvalue weighted by molar-refractivity contribution is 7.98. The van der Waals surface area contributed by atoms with Crippen LogP contribution in [0.15, 0.2) is 51.9 Å². The van der Waals surface area contributed by atoms with Gasteiger partial charge in [0.05, 0.1) is 18.2 Å². The van der Waals surface area contributed by atoms with Crippen LogP contribution in [-0.2, 0) is 15.0 Å². The number of hydrogen-bond donors (Lipinski definition) is 3. The van der Waals surface area contributed by atoms with Crippen LogP contribution >= 0.6 is 11.8 Å². The zero-order valence-corrected chi connectivity index (χ0v) is 25.3. The van der Waals surface area contributed by atoms with Gasteiger partial charge in [-0.3, -0.25) is 14.4 Å². The zero-order valence-electron chi connectivity index (χ0n) is 24.5. The second-order valence-electron chi connectivity index (χ2n) is 10.5. The number of carbonyl (C=O) groups excluding carboxylic acids is 3. The first-order chi connectivity index (χ1) is 20.4. The van der Waals surface area contributed by atoms with Crippen molar-refractivity contribution in [2.24, 2.45) is 0 Å². The molecule has 12 heteroatoms. The van der Waals surface area contributed by atoms with Gasteiger partial charge in [0, 0.05) is 22.9 Å². The van der Waals surface area contributed by atoms with Crippen molar-refractivity contribution in [2.45, 2.75) is 45.6 Å². The fraction of sp³-hybridized carbons (Fsp3) is 0.323. The molecule has 0 bridgehead atoms. The van der Waals surface area contributed by atoms with E-state index < -0.39 is 34.6 Å². The standard InChI is InChI=1S/C31H31N3O8S/c1-14-25(37)23(16(3)35)27-24(26(14)38)31(4)21(41-27)13-20(36)22(28(31)39)15(2)32-19(11-12-43-6)30-33-29(34-42-30)17-7-9-18(40-5)10-8-17/h7-10,13,19,32,37-38H,11-12H2,1-6H3/t19?,31-/m0/s1. The molecule has 0 fully saturated rings. The predicted molar refractivity (Wildman–Crippen MR) is 158 cm³/mol. The van der Waals surface area contributed by atoms with Crippen LogP contribution in [0.5, 0.6) is 23.0 Å². The van der Waals surface area contributed by atoms with Crippen LogP contribution in [0, 0.1) is 6.92 Å². The molecule has 5 rings (SSSR count). The fourth-order valence-corrected chi connectivity index (χ4v) is 5.89. The number of Topliss-reactive ketones (excluding diaryl/α,β-unsaturated/α-hetero) is 2. The highest BCUT2D eigenvalue weighted by Crippen LogP contribution is 2.57. The normalized spacial score (nSPS) is 19.3. The molecule has 2 aliphatic rings. The van der Waals surface area contributed by atoms with E-state index in [2.05, 4.69) is 15.5 Å². The number of rotatable bonds is 9. The van der Waals surface area contributed by atoms with Crippen LogP contribution in [0.1, 0.15) is 60.6 Å². The number of nitrogens with zero attached hydrogens (tertiary/aromatic N) is 2. The number of fused-ring (bicyclic) bond motifs is 3. The molecule has 1 aliphatic carbocycles. The van der Waals surface area contributed by atoms with Gasteiger partial charge in [-0.05, 0) is 70.4 Å². The summed E-state index contributed by atoms with van der Waals surface area (Å²) in [6.07, 6.45) is 3.69. The number of nitrogens with one attached hydrogen (secondary N) is 1. The topological polar surface area (TPSA) is 161 Å². The summed E-state index contributed by atoms with van der Waals surface area (Å²) in [5.41, 5.74) is -0.858. The monoisotopic (exact) mass is 605 g/mol. The Hall–Kier alpha value is -4.58. The fourth-order valence-electron chi connectivity index (χ4n) is 5.42. The molecule has 2 heterocycles. The number of carbonyl (C=O) groups is 3. The molecule has 43 heavy (non-hydrogen) atoms. The number of phenols is 2. The summed E-state index contributed by atoms with van der Waals surface area (Å²) >= 11 is 1.61. The molecule has 224 valence electrons. The first-order valence-corrected chi connectivity index (χ1v) is 14.9. The Bertz CT molecular complexity index is 1720. The molecule has 0 spiro atoms. The van der Waals surface area contributed by atoms with Gasteiger partial charge in [-0.1, -0.05) is 5.16 Å². The minimum atomic E-state index is -1.62. The minimum absolute atomic E-state index is 0.0290. The molecule has 0 saturated heterocycles. The second-order valence-corrected chi connectivity index (χ2v) is 11.5. The van der Waals surface area contributed by atoms with Crippen LogP contribution in [-0.4, -0.2) is 56.8 Å². The Kier molecular flexibility index (Phi) is 7.82. The maximum Gasteiger partial charge on any atom is 0.249 e. The second kappa shape index (κ2) is 11.3. The van der Waals surface area contributed by atoms with E-state index in [4.69, 9.17) is 14.0 Å². The van der Waals surface area contributed by atoms with Crippen molar-refractivity contribution in [3.8, 4) is 34.4 Å². The molecule has 3 N–H and O–H groups in total. The SMILES string of the molecule is COc1ccc(-c2noc(C(CCSC)NC(C)=C3C(=O)C=C4Oc5c(C(C)=O)c(O)c(C)c(O)c5[C@@]4(C)C3=O)n2)cc1. The average Bonchev–Trinajstić information content (AvgIpc) is 3.58. The number of ketones is 3. The Morgan fingerprint density at radius 3 is 2.49 bits per heavy atom. The summed E-state index contributed by atoms with van der Waals surface area (Å²) in [6.45, 7) is 5.81. The van der Waals surface area contributed by atoms with Gasteiger partial charge in [-0.2, -0.15) is 16.7 Å². The van der Waals surface area contributed by atoms with Crippen LogP contribution in [0.2, 0.25) is 0 Å². The van der Waals surface area contributed by atoms with E-state index in [-0.39, 0.29) is 51.1 Å². The Morgan fingerprint density at radius 1 is 1.16 bits per heavy atom. The van der Waals surface area contributed by atoms with Crippen LogP contribution in [0.3, 0.4) is 0 Å². The van der Waals surface area contributed by atoms with E-state index in [0.29, 0.717) is 18.0 Å². The lowest BCUT2D eigenvalue weighted by Crippen LogP contribution is -2.41. The summed E-state index contributed by atoms with van der Waals surface area (Å²) in [6, 6.07) is 6.67. The quantitative estimate of drug-likeness (QED) is 0.175. The summed E-state index contributed by atoms with van der Waals surface area (Å²) in [5, 5.41) is 29.0. The van der Waals surface area contributed by atoms with Crippen molar-refractivity contribution in [3.63, 3.8) is 0 Å². The molecule has 1 aliphatic heterocycles. The maximum absolute atomic E-state index is 14.2. The van der Waals surface area contributed by atoms with Crippen LogP contribution in [0.4, 0.5) is 0 Å². The number of thioether (sulfide) groups is 1. The highest BCUT2D eigenvalue weighted by Gasteiger charge is 2.56. The molecule has 0 radical (unpaired) electrons. The minimum Gasteiger partial charge on any atom is -0.507 e. The lowest BCUT2D eigenvalue weighted by atomic mass is 9.70. The van der Waals surface area contributed by atoms with Gasteiger partial charge in [-0.25, -0.2) is 0 Å². The zero-order chi connectivity index (χ0) is 31.2. The Morgan fingerprint density at radius 2 is 1.86 bits per heavy atom. The Balaban J connectivity index is 1.54. The summed E-state index contributed by atoms with van der Waals surface area (Å²) in [7, 11) is 1.58. The van der Waals surface area contributed by atoms with Gasteiger partial charge in [0.1, 0.15) is 45.8 Å². The lowest BCUT2D eigenvalue weighted by molar-refractivity contribution is -0.123. The van der Waals surface area contributed by atoms with Crippen LogP contribution in [0.25, 0.3) is 11.4 Å². The lowest BCUT2D eigenvalue weighted by Gasteiger charge is -2.29. The van der Waals surface area contributed by atoms with E-state index in [1.807, 2.05) is 18.4 Å². The first kappa shape index (κ1) is 29.9. The summed E-state index contributed by atoms with van der Waals surface area (Å²) in [4.78, 5) is 44.6. The molecule has 2 atom stereocenters. The smallest absolute Gasteiger partial charge is 0.249 e.